The first-order valence-electron chi connectivity index (χ1n) is 12.2. The predicted molar refractivity (Wildman–Crippen MR) is 128 cm³/mol. The van der Waals surface area contributed by atoms with Crippen molar-refractivity contribution in [1.29, 1.82) is 0 Å². The molecule has 2 fully saturated rings. The number of fused-ring (bicyclic) bond motifs is 1. The minimum Gasteiger partial charge on any atom is -0.393 e. The summed E-state index contributed by atoms with van der Waals surface area (Å²) >= 11 is 0. The van der Waals surface area contributed by atoms with Gasteiger partial charge in [0.2, 0.25) is 5.95 Å². The van der Waals surface area contributed by atoms with E-state index >= 15 is 0 Å². The van der Waals surface area contributed by atoms with Crippen LogP contribution in [0.15, 0.2) is 24.7 Å². The number of ether oxygens (including phenoxy) is 1. The van der Waals surface area contributed by atoms with Crippen molar-refractivity contribution in [3.05, 3.63) is 30.4 Å². The van der Waals surface area contributed by atoms with Gasteiger partial charge in [0, 0.05) is 42.1 Å². The van der Waals surface area contributed by atoms with Gasteiger partial charge in [-0.3, -0.25) is 4.68 Å². The molecule has 2 saturated carbocycles. The van der Waals surface area contributed by atoms with E-state index in [2.05, 4.69) is 57.6 Å². The highest BCUT2D eigenvalue weighted by Gasteiger charge is 2.37. The Hall–Kier alpha value is -2.45. The molecule has 0 amide bonds. The largest absolute Gasteiger partial charge is 0.393 e. The minimum absolute atomic E-state index is 0.107. The molecule has 8 nitrogen and oxygen atoms in total. The molecular weight excluding hydrogens is 416 g/mol. The van der Waals surface area contributed by atoms with Crippen LogP contribution in [-0.2, 0) is 4.74 Å². The number of aliphatic hydroxyl groups excluding tert-OH is 1. The highest BCUT2D eigenvalue weighted by Crippen LogP contribution is 2.45. The average molecular weight is 453 g/mol. The molecule has 33 heavy (non-hydrogen) atoms. The van der Waals surface area contributed by atoms with Gasteiger partial charge in [-0.15, -0.1) is 5.10 Å². The summed E-state index contributed by atoms with van der Waals surface area (Å²) in [6.07, 6.45) is 12.2. The Morgan fingerprint density at radius 1 is 1.24 bits per heavy atom. The van der Waals surface area contributed by atoms with Crippen LogP contribution in [-0.4, -0.2) is 55.3 Å². The number of nitrogens with one attached hydrogen (secondary N) is 1. The maximum absolute atomic E-state index is 10.5. The maximum atomic E-state index is 10.5. The number of hydrogen-bond donors (Lipinski definition) is 2. The average Bonchev–Trinajstić information content (AvgIpc) is 3.33. The van der Waals surface area contributed by atoms with Gasteiger partial charge in [0.05, 0.1) is 36.7 Å². The first-order valence-corrected chi connectivity index (χ1v) is 12.2. The molecule has 3 heterocycles. The molecule has 0 aliphatic heterocycles. The molecule has 0 spiro atoms. The normalized spacial score (nSPS) is 24.0. The molecule has 3 aromatic heterocycles. The van der Waals surface area contributed by atoms with Gasteiger partial charge in [-0.05, 0) is 56.9 Å². The lowest BCUT2D eigenvalue weighted by atomic mass is 9.69. The van der Waals surface area contributed by atoms with E-state index in [1.807, 2.05) is 12.4 Å². The van der Waals surface area contributed by atoms with Crippen molar-refractivity contribution in [1.82, 2.24) is 24.4 Å². The smallest absolute Gasteiger partial charge is 0.241 e. The van der Waals surface area contributed by atoms with Gasteiger partial charge in [0.15, 0.2) is 0 Å². The number of aliphatic hydroxyl groups is 1. The van der Waals surface area contributed by atoms with E-state index in [-0.39, 0.29) is 17.6 Å². The molecule has 3 atom stereocenters. The second kappa shape index (κ2) is 8.72. The predicted octanol–water partition coefficient (Wildman–Crippen LogP) is 4.42. The van der Waals surface area contributed by atoms with Crippen LogP contribution in [0.25, 0.3) is 16.6 Å². The fraction of sp³-hybridized carbons (Fsp3) is 0.640. The van der Waals surface area contributed by atoms with Gasteiger partial charge in [0.1, 0.15) is 0 Å². The number of hydrogen-bond acceptors (Lipinski definition) is 6. The third-order valence-corrected chi connectivity index (χ3v) is 7.58. The molecule has 2 aliphatic rings. The third kappa shape index (κ3) is 4.26. The van der Waals surface area contributed by atoms with Crippen LogP contribution in [0, 0.1) is 5.41 Å². The van der Waals surface area contributed by atoms with Gasteiger partial charge >= 0.3 is 0 Å². The number of rotatable bonds is 7. The molecule has 0 saturated heterocycles. The van der Waals surface area contributed by atoms with Crippen LogP contribution in [0.1, 0.15) is 76.9 Å². The van der Waals surface area contributed by atoms with Crippen molar-refractivity contribution < 1.29 is 9.84 Å². The monoisotopic (exact) mass is 452 g/mol. The summed E-state index contributed by atoms with van der Waals surface area (Å²) in [5, 5.41) is 23.4. The number of aromatic nitrogens is 5. The highest BCUT2D eigenvalue weighted by atomic mass is 16.5. The lowest BCUT2D eigenvalue weighted by Gasteiger charge is -2.39. The van der Waals surface area contributed by atoms with Gasteiger partial charge in [0.25, 0.3) is 0 Å². The zero-order valence-corrected chi connectivity index (χ0v) is 20.2. The van der Waals surface area contributed by atoms with E-state index in [9.17, 15) is 5.11 Å². The van der Waals surface area contributed by atoms with Crippen molar-refractivity contribution in [2.45, 2.75) is 83.4 Å². The van der Waals surface area contributed by atoms with E-state index in [0.717, 1.165) is 35.9 Å². The Morgan fingerprint density at radius 3 is 2.76 bits per heavy atom. The Balaban J connectivity index is 1.55. The first kappa shape index (κ1) is 22.3. The summed E-state index contributed by atoms with van der Waals surface area (Å²) in [7, 11) is 1.70. The second-order valence-electron chi connectivity index (χ2n) is 10.6. The maximum Gasteiger partial charge on any atom is 0.241 e. The molecule has 0 aromatic carbocycles. The summed E-state index contributed by atoms with van der Waals surface area (Å²) < 4.78 is 9.43. The van der Waals surface area contributed by atoms with Crippen molar-refractivity contribution >= 4 is 11.5 Å². The first-order chi connectivity index (χ1) is 15.9. The third-order valence-electron chi connectivity index (χ3n) is 7.58. The van der Waals surface area contributed by atoms with E-state index in [4.69, 9.17) is 9.84 Å². The molecule has 0 bridgehead atoms. The van der Waals surface area contributed by atoms with Crippen molar-refractivity contribution in [2.75, 3.05) is 19.0 Å². The Bertz CT molecular complexity index is 1120. The quantitative estimate of drug-likeness (QED) is 0.552. The standard InChI is InChI=1S/C25H36N6O2/c1-16(15-33-4)28-24-26-13-22-20(18-12-27-30(14-18)19-6-5-7-19)10-21(31(22)29-24)17-8-9-23(32)25(2,3)11-17/h10,12-14,16-17,19,23,32H,5-9,11,15H2,1-4H3,(H,28,29)/t16-,17+,23-/m0/s1. The summed E-state index contributed by atoms with van der Waals surface area (Å²) in [5.74, 6) is 0.918. The van der Waals surface area contributed by atoms with Crippen LogP contribution in [0.5, 0.6) is 0 Å². The molecule has 0 radical (unpaired) electrons. The molecule has 5 rings (SSSR count). The second-order valence-corrected chi connectivity index (χ2v) is 10.6. The van der Waals surface area contributed by atoms with Crippen molar-refractivity contribution in [2.24, 2.45) is 5.41 Å². The van der Waals surface area contributed by atoms with Crippen LogP contribution >= 0.6 is 0 Å². The van der Waals surface area contributed by atoms with E-state index < -0.39 is 0 Å². The zero-order valence-electron chi connectivity index (χ0n) is 20.2. The fourth-order valence-electron chi connectivity index (χ4n) is 5.32. The number of anilines is 1. The van der Waals surface area contributed by atoms with E-state index in [1.165, 1.54) is 25.0 Å². The Labute approximate surface area is 195 Å². The molecule has 2 aliphatic carbocycles. The lowest BCUT2D eigenvalue weighted by Crippen LogP contribution is -2.36. The van der Waals surface area contributed by atoms with Crippen LogP contribution < -0.4 is 5.32 Å². The van der Waals surface area contributed by atoms with Gasteiger partial charge < -0.3 is 15.2 Å². The highest BCUT2D eigenvalue weighted by molar-refractivity contribution is 5.81. The van der Waals surface area contributed by atoms with Crippen molar-refractivity contribution in [3.63, 3.8) is 0 Å². The molecule has 8 heteroatoms. The van der Waals surface area contributed by atoms with Gasteiger partial charge in [-0.25, -0.2) is 9.50 Å². The number of methoxy groups -OCH3 is 1. The molecule has 3 aromatic rings. The topological polar surface area (TPSA) is 89.5 Å². The van der Waals surface area contributed by atoms with Crippen molar-refractivity contribution in [3.8, 4) is 11.1 Å². The van der Waals surface area contributed by atoms with E-state index in [1.54, 1.807) is 7.11 Å². The zero-order chi connectivity index (χ0) is 23.2. The van der Waals surface area contributed by atoms with Crippen LogP contribution in [0.3, 0.4) is 0 Å². The molecular formula is C25H36N6O2. The Kier molecular flexibility index (Phi) is 5.91. The van der Waals surface area contributed by atoms with Crippen LogP contribution in [0.4, 0.5) is 5.95 Å². The lowest BCUT2D eigenvalue weighted by molar-refractivity contribution is 0.00492. The number of nitrogens with zero attached hydrogens (tertiary/aromatic N) is 5. The SMILES string of the molecule is COC[C@H](C)Nc1ncc2c(-c3cnn(C4CCC4)c3)cc([C@@H]3CC[C@H](O)C(C)(C)C3)n2n1. The Morgan fingerprint density at radius 2 is 2.06 bits per heavy atom. The molecule has 0 unspecified atom stereocenters. The fourth-order valence-corrected chi connectivity index (χ4v) is 5.32. The molecule has 178 valence electrons. The van der Waals surface area contributed by atoms with E-state index in [0.29, 0.717) is 24.5 Å². The summed E-state index contributed by atoms with van der Waals surface area (Å²) in [6, 6.07) is 2.91. The summed E-state index contributed by atoms with van der Waals surface area (Å²) in [6.45, 7) is 6.97. The minimum atomic E-state index is -0.262. The van der Waals surface area contributed by atoms with Gasteiger partial charge in [-0.2, -0.15) is 5.10 Å². The summed E-state index contributed by atoms with van der Waals surface area (Å²) in [4.78, 5) is 4.62. The van der Waals surface area contributed by atoms with Crippen LogP contribution in [0.2, 0.25) is 0 Å². The van der Waals surface area contributed by atoms with Gasteiger partial charge in [-0.1, -0.05) is 13.8 Å². The summed E-state index contributed by atoms with van der Waals surface area (Å²) in [5.41, 5.74) is 4.28. The molecule has 2 N–H and O–H groups in total.